The van der Waals surface area contributed by atoms with Crippen LogP contribution in [0.1, 0.15) is 59.8 Å². The molecule has 0 saturated heterocycles. The van der Waals surface area contributed by atoms with E-state index in [-0.39, 0.29) is 6.61 Å². The number of nitrogens with two attached hydrogens (primary N) is 1. The monoisotopic (exact) mass is 284 g/mol. The summed E-state index contributed by atoms with van der Waals surface area (Å²) >= 11 is 0. The predicted molar refractivity (Wildman–Crippen MR) is 86.7 cm³/mol. The van der Waals surface area contributed by atoms with Crippen molar-refractivity contribution in [1.29, 1.82) is 0 Å². The van der Waals surface area contributed by atoms with E-state index >= 15 is 0 Å². The summed E-state index contributed by atoms with van der Waals surface area (Å²) < 4.78 is 0. The first-order valence-electron chi connectivity index (χ1n) is 8.63. The number of hydrogen-bond donors (Lipinski definition) is 2. The van der Waals surface area contributed by atoms with Crippen LogP contribution in [0.2, 0.25) is 0 Å². The van der Waals surface area contributed by atoms with E-state index in [9.17, 15) is 5.11 Å². The van der Waals surface area contributed by atoms with Gasteiger partial charge in [-0.25, -0.2) is 0 Å². The summed E-state index contributed by atoms with van der Waals surface area (Å²) in [7, 11) is 0. The van der Waals surface area contributed by atoms with Crippen molar-refractivity contribution >= 4 is 0 Å². The predicted octanol–water partition coefficient (Wildman–Crippen LogP) is 2.87. The lowest BCUT2D eigenvalue weighted by Crippen LogP contribution is -2.47. The van der Waals surface area contributed by atoms with Crippen LogP contribution in [-0.4, -0.2) is 41.8 Å². The van der Waals surface area contributed by atoms with Gasteiger partial charge in [0.2, 0.25) is 0 Å². The Morgan fingerprint density at radius 3 is 2.35 bits per heavy atom. The molecule has 0 radical (unpaired) electrons. The van der Waals surface area contributed by atoms with Crippen LogP contribution in [0.3, 0.4) is 0 Å². The van der Waals surface area contributed by atoms with Gasteiger partial charge in [-0.2, -0.15) is 0 Å². The Kier molecular flexibility index (Phi) is 8.08. The highest BCUT2D eigenvalue weighted by Crippen LogP contribution is 2.34. The molecule has 3 N–H and O–H groups in total. The fourth-order valence-corrected chi connectivity index (χ4v) is 3.80. The Morgan fingerprint density at radius 1 is 1.20 bits per heavy atom. The molecule has 0 aromatic rings. The Hall–Kier alpha value is -0.120. The molecule has 1 saturated carbocycles. The number of hydrogen-bond acceptors (Lipinski definition) is 3. The highest BCUT2D eigenvalue weighted by atomic mass is 16.3. The molecule has 0 aromatic carbocycles. The lowest BCUT2D eigenvalue weighted by molar-refractivity contribution is 0.0882. The molecule has 0 heterocycles. The lowest BCUT2D eigenvalue weighted by Gasteiger charge is -2.40. The molecule has 1 aliphatic rings. The van der Waals surface area contributed by atoms with Crippen molar-refractivity contribution in [3.8, 4) is 0 Å². The summed E-state index contributed by atoms with van der Waals surface area (Å²) in [6.07, 6.45) is 6.04. The van der Waals surface area contributed by atoms with Crippen LogP contribution in [0.25, 0.3) is 0 Å². The van der Waals surface area contributed by atoms with E-state index in [1.165, 1.54) is 19.3 Å². The van der Waals surface area contributed by atoms with Gasteiger partial charge < -0.3 is 10.8 Å². The van der Waals surface area contributed by atoms with Gasteiger partial charge in [0.05, 0.1) is 6.61 Å². The fraction of sp³-hybridized carbons (Fsp3) is 1.00. The van der Waals surface area contributed by atoms with Crippen LogP contribution < -0.4 is 5.73 Å². The molecule has 0 bridgehead atoms. The average Bonchev–Trinajstić information content (AvgIpc) is 2.42. The quantitative estimate of drug-likeness (QED) is 0.720. The van der Waals surface area contributed by atoms with Crippen LogP contribution in [0.15, 0.2) is 0 Å². The largest absolute Gasteiger partial charge is 0.395 e. The van der Waals surface area contributed by atoms with Crippen LogP contribution in [0.4, 0.5) is 0 Å². The molecule has 0 amide bonds. The third-order valence-electron chi connectivity index (χ3n) is 5.34. The fourth-order valence-electron chi connectivity index (χ4n) is 3.80. The molecule has 1 aliphatic carbocycles. The minimum absolute atomic E-state index is 0.256. The summed E-state index contributed by atoms with van der Waals surface area (Å²) in [5.41, 5.74) is 6.38. The first-order valence-corrected chi connectivity index (χ1v) is 8.63. The third kappa shape index (κ3) is 5.01. The second kappa shape index (κ2) is 9.01. The van der Waals surface area contributed by atoms with Gasteiger partial charge in [-0.1, -0.05) is 27.7 Å². The molecular weight excluding hydrogens is 248 g/mol. The van der Waals surface area contributed by atoms with Gasteiger partial charge in [0.25, 0.3) is 0 Å². The summed E-state index contributed by atoms with van der Waals surface area (Å²) in [6.45, 7) is 11.3. The molecule has 0 spiro atoms. The Morgan fingerprint density at radius 2 is 1.85 bits per heavy atom. The summed E-state index contributed by atoms with van der Waals surface area (Å²) in [5.74, 6) is 2.20. The van der Waals surface area contributed by atoms with E-state index < -0.39 is 0 Å². The Bertz CT molecular complexity index is 253. The van der Waals surface area contributed by atoms with Crippen molar-refractivity contribution in [2.24, 2.45) is 23.5 Å². The minimum Gasteiger partial charge on any atom is -0.395 e. The molecule has 3 heteroatoms. The molecule has 0 aliphatic heterocycles. The average molecular weight is 284 g/mol. The zero-order valence-corrected chi connectivity index (χ0v) is 14.0. The highest BCUT2D eigenvalue weighted by Gasteiger charge is 2.31. The number of rotatable bonds is 8. The number of nitrogens with zero attached hydrogens (tertiary/aromatic N) is 1. The van der Waals surface area contributed by atoms with E-state index in [1.807, 2.05) is 0 Å². The first kappa shape index (κ1) is 17.9. The molecule has 20 heavy (non-hydrogen) atoms. The molecule has 120 valence electrons. The number of aliphatic hydroxyl groups excluding tert-OH is 1. The second-order valence-corrected chi connectivity index (χ2v) is 6.93. The van der Waals surface area contributed by atoms with Gasteiger partial charge in [0.15, 0.2) is 0 Å². The van der Waals surface area contributed by atoms with Crippen molar-refractivity contribution < 1.29 is 5.11 Å². The molecule has 1 rings (SSSR count). The van der Waals surface area contributed by atoms with Gasteiger partial charge >= 0.3 is 0 Å². The summed E-state index contributed by atoms with van der Waals surface area (Å²) in [6, 6.07) is 0.939. The smallest absolute Gasteiger partial charge is 0.0558 e. The second-order valence-electron chi connectivity index (χ2n) is 6.93. The molecule has 3 atom stereocenters. The van der Waals surface area contributed by atoms with Crippen LogP contribution in [-0.2, 0) is 0 Å². The maximum absolute atomic E-state index is 9.34. The molecule has 3 nitrogen and oxygen atoms in total. The Labute approximate surface area is 125 Å². The lowest BCUT2D eigenvalue weighted by atomic mass is 9.73. The standard InChI is InChI=1S/C17H36N2O/c1-5-16(6-2)19(9-10-20)12-15-11-14(13(3)4)7-8-17(15)18/h13-17,20H,5-12,18H2,1-4H3. The van der Waals surface area contributed by atoms with Crippen LogP contribution in [0.5, 0.6) is 0 Å². The highest BCUT2D eigenvalue weighted by molar-refractivity contribution is 4.86. The zero-order valence-electron chi connectivity index (χ0n) is 14.0. The summed E-state index contributed by atoms with van der Waals surface area (Å²) in [4.78, 5) is 2.48. The van der Waals surface area contributed by atoms with Crippen molar-refractivity contribution in [2.45, 2.75) is 71.9 Å². The van der Waals surface area contributed by atoms with E-state index in [0.717, 1.165) is 37.8 Å². The van der Waals surface area contributed by atoms with Crippen LogP contribution in [0, 0.1) is 17.8 Å². The third-order valence-corrected chi connectivity index (χ3v) is 5.34. The van der Waals surface area contributed by atoms with Crippen molar-refractivity contribution in [2.75, 3.05) is 19.7 Å². The van der Waals surface area contributed by atoms with Crippen molar-refractivity contribution in [1.82, 2.24) is 4.90 Å². The van der Waals surface area contributed by atoms with Gasteiger partial charge in [-0.05, 0) is 49.9 Å². The van der Waals surface area contributed by atoms with E-state index in [4.69, 9.17) is 5.73 Å². The molecule has 3 unspecified atom stereocenters. The first-order chi connectivity index (χ1) is 9.53. The van der Waals surface area contributed by atoms with Crippen molar-refractivity contribution in [3.63, 3.8) is 0 Å². The molecular formula is C17H36N2O. The van der Waals surface area contributed by atoms with Gasteiger partial charge in [0.1, 0.15) is 0 Å². The maximum Gasteiger partial charge on any atom is 0.0558 e. The van der Waals surface area contributed by atoms with E-state index in [0.29, 0.717) is 18.0 Å². The van der Waals surface area contributed by atoms with Crippen molar-refractivity contribution in [3.05, 3.63) is 0 Å². The van der Waals surface area contributed by atoms with Crippen LogP contribution >= 0.6 is 0 Å². The summed E-state index contributed by atoms with van der Waals surface area (Å²) in [5, 5.41) is 9.34. The SMILES string of the molecule is CCC(CC)N(CCO)CC1CC(C(C)C)CCC1N. The topological polar surface area (TPSA) is 49.5 Å². The van der Waals surface area contributed by atoms with E-state index in [2.05, 4.69) is 32.6 Å². The maximum atomic E-state index is 9.34. The number of aliphatic hydroxyl groups is 1. The minimum atomic E-state index is 0.256. The Balaban J connectivity index is 2.64. The van der Waals surface area contributed by atoms with Gasteiger partial charge in [-0.3, -0.25) is 4.90 Å². The zero-order chi connectivity index (χ0) is 15.1. The molecule has 0 aromatic heterocycles. The molecule has 1 fully saturated rings. The van der Waals surface area contributed by atoms with Gasteiger partial charge in [0, 0.05) is 25.2 Å². The normalized spacial score (nSPS) is 27.8. The van der Waals surface area contributed by atoms with E-state index in [1.54, 1.807) is 0 Å². The van der Waals surface area contributed by atoms with Gasteiger partial charge in [-0.15, -0.1) is 0 Å².